The maximum absolute atomic E-state index is 5.65. The standard InChI is InChI=1S/C14H23N3O/c1-17(2)8-3-9-18-14-10-12(6-7-15-14)11-16-13-4-5-13/h6-7,10,13,16H,3-5,8-9,11H2,1-2H3. The van der Waals surface area contributed by atoms with Crippen molar-refractivity contribution in [1.29, 1.82) is 0 Å². The fourth-order valence-corrected chi connectivity index (χ4v) is 1.75. The van der Waals surface area contributed by atoms with Gasteiger partial charge in [-0.1, -0.05) is 0 Å². The molecule has 0 saturated heterocycles. The quantitative estimate of drug-likeness (QED) is 0.711. The van der Waals surface area contributed by atoms with E-state index < -0.39 is 0 Å². The van der Waals surface area contributed by atoms with Crippen LogP contribution in [0.3, 0.4) is 0 Å². The van der Waals surface area contributed by atoms with Crippen LogP contribution < -0.4 is 10.1 Å². The van der Waals surface area contributed by atoms with Gasteiger partial charge in [0.05, 0.1) is 6.61 Å². The van der Waals surface area contributed by atoms with E-state index in [1.807, 2.05) is 18.3 Å². The van der Waals surface area contributed by atoms with Gasteiger partial charge in [-0.25, -0.2) is 4.98 Å². The molecule has 1 saturated carbocycles. The van der Waals surface area contributed by atoms with Gasteiger partial charge in [-0.05, 0) is 45.0 Å². The average molecular weight is 249 g/mol. The van der Waals surface area contributed by atoms with E-state index in [4.69, 9.17) is 4.74 Å². The van der Waals surface area contributed by atoms with E-state index in [1.54, 1.807) is 0 Å². The molecule has 0 atom stereocenters. The summed E-state index contributed by atoms with van der Waals surface area (Å²) in [6.45, 7) is 2.69. The molecule has 2 rings (SSSR count). The molecule has 18 heavy (non-hydrogen) atoms. The third-order valence-electron chi connectivity index (χ3n) is 2.97. The molecular formula is C14H23N3O. The molecule has 1 heterocycles. The van der Waals surface area contributed by atoms with Crippen LogP contribution in [-0.4, -0.2) is 43.2 Å². The first-order valence-electron chi connectivity index (χ1n) is 6.70. The lowest BCUT2D eigenvalue weighted by Crippen LogP contribution is -2.16. The van der Waals surface area contributed by atoms with Crippen molar-refractivity contribution in [2.75, 3.05) is 27.2 Å². The van der Waals surface area contributed by atoms with Crippen LogP contribution in [0.1, 0.15) is 24.8 Å². The van der Waals surface area contributed by atoms with Crippen LogP contribution in [-0.2, 0) is 6.54 Å². The first-order chi connectivity index (χ1) is 8.74. The highest BCUT2D eigenvalue weighted by molar-refractivity contribution is 5.20. The van der Waals surface area contributed by atoms with Crippen molar-refractivity contribution >= 4 is 0 Å². The van der Waals surface area contributed by atoms with Gasteiger partial charge in [0, 0.05) is 31.4 Å². The van der Waals surface area contributed by atoms with Gasteiger partial charge in [0.1, 0.15) is 0 Å². The molecule has 1 aliphatic rings. The van der Waals surface area contributed by atoms with Gasteiger partial charge in [-0.15, -0.1) is 0 Å². The van der Waals surface area contributed by atoms with Crippen LogP contribution in [0.5, 0.6) is 5.88 Å². The Labute approximate surface area is 109 Å². The van der Waals surface area contributed by atoms with Crippen LogP contribution in [0.25, 0.3) is 0 Å². The van der Waals surface area contributed by atoms with E-state index in [1.165, 1.54) is 18.4 Å². The molecule has 0 radical (unpaired) electrons. The molecular weight excluding hydrogens is 226 g/mol. The number of hydrogen-bond donors (Lipinski definition) is 1. The normalized spacial score (nSPS) is 15.1. The number of pyridine rings is 1. The third-order valence-corrected chi connectivity index (χ3v) is 2.97. The molecule has 1 aromatic rings. The molecule has 0 unspecified atom stereocenters. The highest BCUT2D eigenvalue weighted by Crippen LogP contribution is 2.19. The molecule has 1 fully saturated rings. The summed E-state index contributed by atoms with van der Waals surface area (Å²) >= 11 is 0. The van der Waals surface area contributed by atoms with Crippen molar-refractivity contribution in [1.82, 2.24) is 15.2 Å². The minimum absolute atomic E-state index is 0.727. The van der Waals surface area contributed by atoms with Gasteiger partial charge in [0.15, 0.2) is 0 Å². The fraction of sp³-hybridized carbons (Fsp3) is 0.643. The van der Waals surface area contributed by atoms with Crippen molar-refractivity contribution in [2.45, 2.75) is 31.8 Å². The summed E-state index contributed by atoms with van der Waals surface area (Å²) in [6.07, 6.45) is 5.49. The van der Waals surface area contributed by atoms with Crippen molar-refractivity contribution in [2.24, 2.45) is 0 Å². The Morgan fingerprint density at radius 2 is 2.28 bits per heavy atom. The summed E-state index contributed by atoms with van der Waals surface area (Å²) in [5, 5.41) is 3.49. The Bertz CT molecular complexity index is 364. The second kappa shape index (κ2) is 6.71. The fourth-order valence-electron chi connectivity index (χ4n) is 1.75. The number of rotatable bonds is 8. The lowest BCUT2D eigenvalue weighted by Gasteiger charge is -2.10. The predicted octanol–water partition coefficient (Wildman–Crippen LogP) is 1.66. The zero-order valence-electron chi connectivity index (χ0n) is 11.4. The predicted molar refractivity (Wildman–Crippen MR) is 72.8 cm³/mol. The monoisotopic (exact) mass is 249 g/mol. The molecule has 1 aromatic heterocycles. The Balaban J connectivity index is 1.71. The van der Waals surface area contributed by atoms with Gasteiger partial charge in [0.25, 0.3) is 0 Å². The second-order valence-electron chi connectivity index (χ2n) is 5.16. The first kappa shape index (κ1) is 13.3. The molecule has 0 spiro atoms. The first-order valence-corrected chi connectivity index (χ1v) is 6.70. The smallest absolute Gasteiger partial charge is 0.213 e. The lowest BCUT2D eigenvalue weighted by atomic mass is 10.2. The summed E-state index contributed by atoms with van der Waals surface area (Å²) in [6, 6.07) is 4.82. The van der Waals surface area contributed by atoms with E-state index in [0.717, 1.165) is 38.0 Å². The maximum atomic E-state index is 5.65. The Hall–Kier alpha value is -1.13. The van der Waals surface area contributed by atoms with Gasteiger partial charge in [-0.3, -0.25) is 0 Å². The van der Waals surface area contributed by atoms with Crippen molar-refractivity contribution in [3.63, 3.8) is 0 Å². The van der Waals surface area contributed by atoms with Crippen LogP contribution in [0.15, 0.2) is 18.3 Å². The van der Waals surface area contributed by atoms with E-state index in [9.17, 15) is 0 Å². The summed E-state index contributed by atoms with van der Waals surface area (Å²) in [5.74, 6) is 0.740. The highest BCUT2D eigenvalue weighted by Gasteiger charge is 2.19. The molecule has 0 aromatic carbocycles. The van der Waals surface area contributed by atoms with Gasteiger partial charge < -0.3 is 15.0 Å². The SMILES string of the molecule is CN(C)CCCOc1cc(CNC2CC2)ccn1. The van der Waals surface area contributed by atoms with Crippen LogP contribution >= 0.6 is 0 Å². The number of nitrogens with one attached hydrogen (secondary N) is 1. The van der Waals surface area contributed by atoms with Crippen molar-refractivity contribution in [3.8, 4) is 5.88 Å². The lowest BCUT2D eigenvalue weighted by molar-refractivity contribution is 0.273. The van der Waals surface area contributed by atoms with Crippen molar-refractivity contribution < 1.29 is 4.74 Å². The average Bonchev–Trinajstić information content (AvgIpc) is 3.17. The maximum Gasteiger partial charge on any atom is 0.213 e. The van der Waals surface area contributed by atoms with Gasteiger partial charge >= 0.3 is 0 Å². The molecule has 100 valence electrons. The molecule has 4 heteroatoms. The molecule has 1 aliphatic carbocycles. The third kappa shape index (κ3) is 5.02. The molecule has 1 N–H and O–H groups in total. The zero-order chi connectivity index (χ0) is 12.8. The van der Waals surface area contributed by atoms with Gasteiger partial charge in [-0.2, -0.15) is 0 Å². The topological polar surface area (TPSA) is 37.4 Å². The van der Waals surface area contributed by atoms with E-state index in [-0.39, 0.29) is 0 Å². The number of nitrogens with zero attached hydrogens (tertiary/aromatic N) is 2. The van der Waals surface area contributed by atoms with Gasteiger partial charge in [0.2, 0.25) is 5.88 Å². The Morgan fingerprint density at radius 1 is 1.44 bits per heavy atom. The molecule has 0 bridgehead atoms. The summed E-state index contributed by atoms with van der Waals surface area (Å²) < 4.78 is 5.65. The summed E-state index contributed by atoms with van der Waals surface area (Å²) in [4.78, 5) is 6.39. The minimum Gasteiger partial charge on any atom is -0.478 e. The Kier molecular flexibility index (Phi) is 4.96. The molecule has 4 nitrogen and oxygen atoms in total. The van der Waals surface area contributed by atoms with Crippen molar-refractivity contribution in [3.05, 3.63) is 23.9 Å². The second-order valence-corrected chi connectivity index (χ2v) is 5.16. The van der Waals surface area contributed by atoms with Crippen LogP contribution in [0.4, 0.5) is 0 Å². The largest absolute Gasteiger partial charge is 0.478 e. The van der Waals surface area contributed by atoms with E-state index >= 15 is 0 Å². The highest BCUT2D eigenvalue weighted by atomic mass is 16.5. The molecule has 0 amide bonds. The number of aromatic nitrogens is 1. The Morgan fingerprint density at radius 3 is 3.00 bits per heavy atom. The van der Waals surface area contributed by atoms with E-state index in [0.29, 0.717) is 0 Å². The zero-order valence-corrected chi connectivity index (χ0v) is 11.4. The van der Waals surface area contributed by atoms with Crippen LogP contribution in [0, 0.1) is 0 Å². The number of ether oxygens (including phenoxy) is 1. The van der Waals surface area contributed by atoms with Crippen LogP contribution in [0.2, 0.25) is 0 Å². The minimum atomic E-state index is 0.727. The summed E-state index contributed by atoms with van der Waals surface area (Å²) in [7, 11) is 4.14. The summed E-state index contributed by atoms with van der Waals surface area (Å²) in [5.41, 5.74) is 1.25. The number of hydrogen-bond acceptors (Lipinski definition) is 4. The van der Waals surface area contributed by atoms with E-state index in [2.05, 4.69) is 29.3 Å². The molecule has 0 aliphatic heterocycles.